The molecule has 0 spiro atoms. The Bertz CT molecular complexity index is 935. The largest absolute Gasteiger partial charge is 0.468 e. The number of esters is 1. The summed E-state index contributed by atoms with van der Waals surface area (Å²) in [7, 11) is 1.28. The van der Waals surface area contributed by atoms with Crippen molar-refractivity contribution in [3.63, 3.8) is 0 Å². The standard InChI is InChI=1S/C23H23ClN2O4/c1-30-22(28)15-26(14-17-4-9-19(24)10-5-17)21(27)13-6-16-2-7-18(8-3-16)23(29)25-20-11-12-20/h2-10,13,20H,11-12,14-15H2,1H3,(H,25,29)/b13-6+. The fourth-order valence-electron chi connectivity index (χ4n) is 2.76. The molecule has 1 aliphatic rings. The van der Waals surface area contributed by atoms with Crippen LogP contribution in [0.3, 0.4) is 0 Å². The Labute approximate surface area is 180 Å². The second-order valence-electron chi connectivity index (χ2n) is 7.10. The van der Waals surface area contributed by atoms with Gasteiger partial charge in [-0.1, -0.05) is 35.9 Å². The third kappa shape index (κ3) is 6.46. The van der Waals surface area contributed by atoms with Gasteiger partial charge >= 0.3 is 5.97 Å². The molecule has 30 heavy (non-hydrogen) atoms. The first-order chi connectivity index (χ1) is 14.4. The highest BCUT2D eigenvalue weighted by molar-refractivity contribution is 6.30. The van der Waals surface area contributed by atoms with Crippen LogP contribution in [0.2, 0.25) is 5.02 Å². The van der Waals surface area contributed by atoms with Gasteiger partial charge in [0.1, 0.15) is 6.54 Å². The molecule has 0 unspecified atom stereocenters. The van der Waals surface area contributed by atoms with Gasteiger partial charge in [-0.05, 0) is 54.3 Å². The highest BCUT2D eigenvalue weighted by atomic mass is 35.5. The molecule has 0 bridgehead atoms. The zero-order valence-electron chi connectivity index (χ0n) is 16.6. The zero-order chi connectivity index (χ0) is 21.5. The third-order valence-electron chi connectivity index (χ3n) is 4.65. The fraction of sp³-hybridized carbons (Fsp3) is 0.261. The van der Waals surface area contributed by atoms with Crippen LogP contribution in [-0.4, -0.2) is 42.4 Å². The van der Waals surface area contributed by atoms with Crippen LogP contribution in [0.4, 0.5) is 0 Å². The summed E-state index contributed by atoms with van der Waals surface area (Å²) in [5, 5.41) is 3.53. The first kappa shape index (κ1) is 21.6. The first-order valence-corrected chi connectivity index (χ1v) is 10.0. The van der Waals surface area contributed by atoms with Gasteiger partial charge in [-0.15, -0.1) is 0 Å². The molecule has 0 heterocycles. The molecule has 3 rings (SSSR count). The lowest BCUT2D eigenvalue weighted by molar-refractivity contribution is -0.145. The Balaban J connectivity index is 1.65. The lowest BCUT2D eigenvalue weighted by Crippen LogP contribution is -2.34. The van der Waals surface area contributed by atoms with Crippen LogP contribution in [0.25, 0.3) is 6.08 Å². The number of carbonyl (C=O) groups excluding carboxylic acids is 3. The van der Waals surface area contributed by atoms with Crippen molar-refractivity contribution in [1.82, 2.24) is 10.2 Å². The quantitative estimate of drug-likeness (QED) is 0.518. The Kier molecular flexibility index (Phi) is 7.25. The molecule has 6 nitrogen and oxygen atoms in total. The van der Waals surface area contributed by atoms with Gasteiger partial charge in [-0.25, -0.2) is 0 Å². The number of methoxy groups -OCH3 is 1. The maximum atomic E-state index is 12.7. The van der Waals surface area contributed by atoms with Crippen molar-refractivity contribution in [3.05, 3.63) is 76.3 Å². The average Bonchev–Trinajstić information content (AvgIpc) is 3.57. The van der Waals surface area contributed by atoms with Crippen LogP contribution in [0, 0.1) is 0 Å². The molecule has 2 aromatic rings. The number of nitrogens with zero attached hydrogens (tertiary/aromatic N) is 1. The van der Waals surface area contributed by atoms with Crippen molar-refractivity contribution in [3.8, 4) is 0 Å². The highest BCUT2D eigenvalue weighted by Gasteiger charge is 2.23. The number of amides is 2. The Morgan fingerprint density at radius 2 is 1.77 bits per heavy atom. The molecule has 1 saturated carbocycles. The van der Waals surface area contributed by atoms with Crippen LogP contribution in [0.5, 0.6) is 0 Å². The van der Waals surface area contributed by atoms with Crippen molar-refractivity contribution in [2.75, 3.05) is 13.7 Å². The summed E-state index contributed by atoms with van der Waals surface area (Å²) in [5.74, 6) is -0.918. The second-order valence-corrected chi connectivity index (χ2v) is 7.54. The molecule has 0 aliphatic heterocycles. The predicted octanol–water partition coefficient (Wildman–Crippen LogP) is 3.45. The third-order valence-corrected chi connectivity index (χ3v) is 4.90. The SMILES string of the molecule is COC(=O)CN(Cc1ccc(Cl)cc1)C(=O)/C=C/c1ccc(C(=O)NC2CC2)cc1. The van der Waals surface area contributed by atoms with E-state index < -0.39 is 5.97 Å². The average molecular weight is 427 g/mol. The van der Waals surface area contributed by atoms with Crippen molar-refractivity contribution in [1.29, 1.82) is 0 Å². The predicted molar refractivity (Wildman–Crippen MR) is 115 cm³/mol. The van der Waals surface area contributed by atoms with E-state index >= 15 is 0 Å². The van der Waals surface area contributed by atoms with E-state index in [2.05, 4.69) is 5.32 Å². The normalized spacial score (nSPS) is 13.1. The maximum Gasteiger partial charge on any atom is 0.325 e. The van der Waals surface area contributed by atoms with Crippen LogP contribution < -0.4 is 5.32 Å². The van der Waals surface area contributed by atoms with E-state index in [1.807, 2.05) is 0 Å². The van der Waals surface area contributed by atoms with Gasteiger partial charge in [0.05, 0.1) is 7.11 Å². The number of ether oxygens (including phenoxy) is 1. The summed E-state index contributed by atoms with van der Waals surface area (Å²) in [4.78, 5) is 37.8. The molecular formula is C23H23ClN2O4. The van der Waals surface area contributed by atoms with Gasteiger partial charge in [-0.3, -0.25) is 14.4 Å². The van der Waals surface area contributed by atoms with Gasteiger partial charge in [0.2, 0.25) is 5.91 Å². The number of hydrogen-bond donors (Lipinski definition) is 1. The number of hydrogen-bond acceptors (Lipinski definition) is 4. The Morgan fingerprint density at radius 3 is 2.37 bits per heavy atom. The molecule has 0 aromatic heterocycles. The molecule has 0 radical (unpaired) electrons. The van der Waals surface area contributed by atoms with Crippen molar-refractivity contribution < 1.29 is 19.1 Å². The Hall–Kier alpha value is -3.12. The lowest BCUT2D eigenvalue weighted by Gasteiger charge is -2.20. The Morgan fingerprint density at radius 1 is 1.10 bits per heavy atom. The smallest absolute Gasteiger partial charge is 0.325 e. The van der Waals surface area contributed by atoms with E-state index in [0.29, 0.717) is 16.6 Å². The van der Waals surface area contributed by atoms with E-state index in [4.69, 9.17) is 16.3 Å². The molecule has 2 amide bonds. The van der Waals surface area contributed by atoms with E-state index in [1.165, 1.54) is 18.1 Å². The summed E-state index contributed by atoms with van der Waals surface area (Å²) in [5.41, 5.74) is 2.20. The molecule has 1 aliphatic carbocycles. The van der Waals surface area contributed by atoms with Crippen molar-refractivity contribution >= 4 is 35.5 Å². The fourth-order valence-corrected chi connectivity index (χ4v) is 2.88. The van der Waals surface area contributed by atoms with Crippen LogP contribution >= 0.6 is 11.6 Å². The second kappa shape index (κ2) is 10.1. The number of benzene rings is 2. The minimum absolute atomic E-state index is 0.0867. The van der Waals surface area contributed by atoms with Crippen molar-refractivity contribution in [2.24, 2.45) is 0 Å². The minimum atomic E-state index is -0.503. The molecule has 7 heteroatoms. The van der Waals surface area contributed by atoms with E-state index in [1.54, 1.807) is 54.6 Å². The van der Waals surface area contributed by atoms with Crippen LogP contribution in [0.15, 0.2) is 54.6 Å². The molecule has 156 valence electrons. The monoisotopic (exact) mass is 426 g/mol. The number of rotatable bonds is 8. The minimum Gasteiger partial charge on any atom is -0.468 e. The van der Waals surface area contributed by atoms with Gasteiger partial charge < -0.3 is 15.0 Å². The van der Waals surface area contributed by atoms with Gasteiger partial charge in [0.15, 0.2) is 0 Å². The van der Waals surface area contributed by atoms with E-state index in [0.717, 1.165) is 24.0 Å². The summed E-state index contributed by atoms with van der Waals surface area (Å²) < 4.78 is 4.70. The maximum absolute atomic E-state index is 12.7. The summed E-state index contributed by atoms with van der Waals surface area (Å²) in [6, 6.07) is 14.4. The number of nitrogens with one attached hydrogen (secondary N) is 1. The van der Waals surface area contributed by atoms with Gasteiger partial charge in [-0.2, -0.15) is 0 Å². The molecule has 0 saturated heterocycles. The number of carbonyl (C=O) groups is 3. The molecule has 2 aromatic carbocycles. The summed E-state index contributed by atoms with van der Waals surface area (Å²) in [6.07, 6.45) is 5.12. The van der Waals surface area contributed by atoms with Gasteiger partial charge in [0, 0.05) is 29.2 Å². The van der Waals surface area contributed by atoms with Crippen LogP contribution in [-0.2, 0) is 20.9 Å². The van der Waals surface area contributed by atoms with E-state index in [-0.39, 0.29) is 24.9 Å². The lowest BCUT2D eigenvalue weighted by atomic mass is 10.1. The van der Waals surface area contributed by atoms with Crippen LogP contribution in [0.1, 0.15) is 34.3 Å². The number of halogens is 1. The highest BCUT2D eigenvalue weighted by Crippen LogP contribution is 2.19. The van der Waals surface area contributed by atoms with Crippen molar-refractivity contribution in [2.45, 2.75) is 25.4 Å². The molecule has 0 atom stereocenters. The first-order valence-electron chi connectivity index (χ1n) is 9.64. The van der Waals surface area contributed by atoms with E-state index in [9.17, 15) is 14.4 Å². The summed E-state index contributed by atoms with van der Waals surface area (Å²) >= 11 is 5.90. The molecular weight excluding hydrogens is 404 g/mol. The van der Waals surface area contributed by atoms with Gasteiger partial charge in [0.25, 0.3) is 5.91 Å². The topological polar surface area (TPSA) is 75.7 Å². The zero-order valence-corrected chi connectivity index (χ0v) is 17.4. The summed E-state index contributed by atoms with van der Waals surface area (Å²) in [6.45, 7) is 0.0816. The molecule has 1 N–H and O–H groups in total. The molecule has 1 fully saturated rings.